The molecule has 0 heterocycles. The summed E-state index contributed by atoms with van der Waals surface area (Å²) in [6, 6.07) is 15.0. The smallest absolute Gasteiger partial charge is 0.327 e. The highest BCUT2D eigenvalue weighted by atomic mass is 19.4. The van der Waals surface area contributed by atoms with Crippen LogP contribution in [0.25, 0.3) is 0 Å². The second-order valence-electron chi connectivity index (χ2n) is 5.71. The Hall–Kier alpha value is -1.81. The molecule has 0 saturated heterocycles. The van der Waals surface area contributed by atoms with E-state index in [1.54, 1.807) is 6.07 Å². The highest BCUT2D eigenvalue weighted by molar-refractivity contribution is 5.33. The van der Waals surface area contributed by atoms with Crippen molar-refractivity contribution in [3.8, 4) is 0 Å². The maximum absolute atomic E-state index is 12.9. The molecule has 0 aliphatic carbocycles. The van der Waals surface area contributed by atoms with Crippen LogP contribution in [-0.4, -0.2) is 6.04 Å². The summed E-state index contributed by atoms with van der Waals surface area (Å²) in [4.78, 5) is 0. The quantitative estimate of drug-likeness (QED) is 0.850. The van der Waals surface area contributed by atoms with Crippen LogP contribution in [0.1, 0.15) is 42.4 Å². The molecular weight excluding hydrogens is 287 g/mol. The third-order valence-corrected chi connectivity index (χ3v) is 4.03. The Morgan fingerprint density at radius 3 is 2.00 bits per heavy atom. The molecule has 2 N–H and O–H groups in total. The second-order valence-corrected chi connectivity index (χ2v) is 5.71. The van der Waals surface area contributed by atoms with Crippen LogP contribution in [0, 0.1) is 0 Å². The molecule has 2 aromatic rings. The van der Waals surface area contributed by atoms with Crippen molar-refractivity contribution in [2.45, 2.75) is 37.9 Å². The van der Waals surface area contributed by atoms with Crippen LogP contribution in [0.5, 0.6) is 0 Å². The summed E-state index contributed by atoms with van der Waals surface area (Å²) in [5, 5.41) is 0. The molecule has 1 nitrogen and oxygen atoms in total. The monoisotopic (exact) mass is 307 g/mol. The van der Waals surface area contributed by atoms with E-state index in [9.17, 15) is 13.2 Å². The number of halogens is 3. The minimum atomic E-state index is -4.34. The summed E-state index contributed by atoms with van der Waals surface area (Å²) in [6.07, 6.45) is -4.34. The molecule has 0 radical (unpaired) electrons. The standard InChI is InChI=1S/C18H20F3N/c1-12(14-7-4-3-5-8-14)17(13(2)22)15-9-6-10-16(11-15)18(19,20)21/h3-13,17H,22H2,1-2H3/t12-,13?,17?/m0/s1. The van der Waals surface area contributed by atoms with Crippen LogP contribution in [0.15, 0.2) is 54.6 Å². The number of benzene rings is 2. The van der Waals surface area contributed by atoms with Gasteiger partial charge in [-0.25, -0.2) is 0 Å². The predicted octanol–water partition coefficient (Wildman–Crippen LogP) is 4.94. The van der Waals surface area contributed by atoms with Gasteiger partial charge in [0.15, 0.2) is 0 Å². The number of rotatable bonds is 4. The Bertz CT molecular complexity index is 605. The van der Waals surface area contributed by atoms with Crippen molar-refractivity contribution in [3.05, 3.63) is 71.3 Å². The molecule has 4 heteroatoms. The van der Waals surface area contributed by atoms with Crippen molar-refractivity contribution in [2.24, 2.45) is 5.73 Å². The lowest BCUT2D eigenvalue weighted by atomic mass is 9.78. The highest BCUT2D eigenvalue weighted by Gasteiger charge is 2.32. The van der Waals surface area contributed by atoms with E-state index in [1.807, 2.05) is 44.2 Å². The Labute approximate surface area is 129 Å². The third-order valence-electron chi connectivity index (χ3n) is 4.03. The first-order valence-corrected chi connectivity index (χ1v) is 7.28. The summed E-state index contributed by atoms with van der Waals surface area (Å²) in [5.74, 6) is -0.144. The molecule has 0 spiro atoms. The van der Waals surface area contributed by atoms with Gasteiger partial charge >= 0.3 is 6.18 Å². The summed E-state index contributed by atoms with van der Waals surface area (Å²) < 4.78 is 38.8. The summed E-state index contributed by atoms with van der Waals surface area (Å²) in [5.41, 5.74) is 7.15. The molecule has 3 atom stereocenters. The molecule has 0 bridgehead atoms. The fraction of sp³-hybridized carbons (Fsp3) is 0.333. The van der Waals surface area contributed by atoms with Crippen molar-refractivity contribution in [1.29, 1.82) is 0 Å². The van der Waals surface area contributed by atoms with Gasteiger partial charge in [0.2, 0.25) is 0 Å². The molecule has 0 aliphatic rings. The number of hydrogen-bond acceptors (Lipinski definition) is 1. The van der Waals surface area contributed by atoms with E-state index in [2.05, 4.69) is 0 Å². The van der Waals surface area contributed by atoms with Crippen molar-refractivity contribution >= 4 is 0 Å². The van der Waals surface area contributed by atoms with Gasteiger partial charge in [0.05, 0.1) is 5.56 Å². The fourth-order valence-corrected chi connectivity index (χ4v) is 2.93. The van der Waals surface area contributed by atoms with E-state index in [1.165, 1.54) is 12.1 Å². The number of nitrogens with two attached hydrogens (primary N) is 1. The Morgan fingerprint density at radius 1 is 0.864 bits per heavy atom. The van der Waals surface area contributed by atoms with E-state index < -0.39 is 11.7 Å². The van der Waals surface area contributed by atoms with E-state index >= 15 is 0 Å². The van der Waals surface area contributed by atoms with Crippen LogP contribution in [0.2, 0.25) is 0 Å². The molecule has 0 saturated carbocycles. The minimum absolute atomic E-state index is 0.0321. The first-order valence-electron chi connectivity index (χ1n) is 7.28. The largest absolute Gasteiger partial charge is 0.416 e. The topological polar surface area (TPSA) is 26.0 Å². The highest BCUT2D eigenvalue weighted by Crippen LogP contribution is 2.37. The zero-order chi connectivity index (χ0) is 16.3. The molecule has 0 aliphatic heterocycles. The van der Waals surface area contributed by atoms with E-state index in [-0.39, 0.29) is 17.9 Å². The SMILES string of the molecule is CC(N)C(c1cccc(C(F)(F)F)c1)[C@@H](C)c1ccccc1. The summed E-state index contributed by atoms with van der Waals surface area (Å²) in [6.45, 7) is 3.84. The van der Waals surface area contributed by atoms with Gasteiger partial charge in [-0.1, -0.05) is 55.5 Å². The average Bonchev–Trinajstić information content (AvgIpc) is 2.47. The van der Waals surface area contributed by atoms with Crippen molar-refractivity contribution < 1.29 is 13.2 Å². The van der Waals surface area contributed by atoms with E-state index in [4.69, 9.17) is 5.73 Å². The fourth-order valence-electron chi connectivity index (χ4n) is 2.93. The van der Waals surface area contributed by atoms with Crippen LogP contribution in [-0.2, 0) is 6.18 Å². The summed E-state index contributed by atoms with van der Waals surface area (Å²) in [7, 11) is 0. The van der Waals surface area contributed by atoms with Crippen molar-refractivity contribution in [2.75, 3.05) is 0 Å². The van der Waals surface area contributed by atoms with Crippen LogP contribution in [0.4, 0.5) is 13.2 Å². The lowest BCUT2D eigenvalue weighted by Gasteiger charge is -2.29. The van der Waals surface area contributed by atoms with Gasteiger partial charge in [0.25, 0.3) is 0 Å². The predicted molar refractivity (Wildman–Crippen MR) is 82.7 cm³/mol. The van der Waals surface area contributed by atoms with Gasteiger partial charge in [-0.3, -0.25) is 0 Å². The van der Waals surface area contributed by atoms with Gasteiger partial charge < -0.3 is 5.73 Å². The Kier molecular flexibility index (Phi) is 4.91. The normalized spacial score (nSPS) is 16.1. The maximum atomic E-state index is 12.9. The molecule has 0 aromatic heterocycles. The van der Waals surface area contributed by atoms with E-state index in [0.29, 0.717) is 5.56 Å². The zero-order valence-electron chi connectivity index (χ0n) is 12.6. The van der Waals surface area contributed by atoms with Gasteiger partial charge in [-0.05, 0) is 30.0 Å². The van der Waals surface area contributed by atoms with Crippen molar-refractivity contribution in [1.82, 2.24) is 0 Å². The van der Waals surface area contributed by atoms with Gasteiger partial charge in [0, 0.05) is 12.0 Å². The molecule has 22 heavy (non-hydrogen) atoms. The van der Waals surface area contributed by atoms with Gasteiger partial charge in [-0.15, -0.1) is 0 Å². The molecule has 0 fully saturated rings. The third kappa shape index (κ3) is 3.69. The van der Waals surface area contributed by atoms with Crippen LogP contribution >= 0.6 is 0 Å². The lowest BCUT2D eigenvalue weighted by Crippen LogP contribution is -2.29. The molecular formula is C18H20F3N. The minimum Gasteiger partial charge on any atom is -0.327 e. The summed E-state index contributed by atoms with van der Waals surface area (Å²) >= 11 is 0. The molecule has 2 rings (SSSR count). The number of alkyl halides is 3. The van der Waals surface area contributed by atoms with Gasteiger partial charge in [0.1, 0.15) is 0 Å². The second kappa shape index (κ2) is 6.53. The first-order chi connectivity index (χ1) is 10.3. The van der Waals surface area contributed by atoms with Gasteiger partial charge in [-0.2, -0.15) is 13.2 Å². The zero-order valence-corrected chi connectivity index (χ0v) is 12.6. The van der Waals surface area contributed by atoms with Crippen LogP contribution < -0.4 is 5.73 Å². The van der Waals surface area contributed by atoms with Crippen molar-refractivity contribution in [3.63, 3.8) is 0 Å². The molecule has 0 amide bonds. The molecule has 118 valence electrons. The Morgan fingerprint density at radius 2 is 1.45 bits per heavy atom. The maximum Gasteiger partial charge on any atom is 0.416 e. The number of hydrogen-bond donors (Lipinski definition) is 1. The molecule has 2 aromatic carbocycles. The Balaban J connectivity index is 2.41. The molecule has 2 unspecified atom stereocenters. The first kappa shape index (κ1) is 16.6. The van der Waals surface area contributed by atoms with Crippen LogP contribution in [0.3, 0.4) is 0 Å². The van der Waals surface area contributed by atoms with E-state index in [0.717, 1.165) is 11.6 Å². The average molecular weight is 307 g/mol. The lowest BCUT2D eigenvalue weighted by molar-refractivity contribution is -0.137.